The largest absolute Gasteiger partial charge is 0.497 e. The summed E-state index contributed by atoms with van der Waals surface area (Å²) in [7, 11) is 1.70. The highest BCUT2D eigenvalue weighted by molar-refractivity contribution is 9.09. The van der Waals surface area contributed by atoms with Crippen LogP contribution < -0.4 is 4.74 Å². The lowest BCUT2D eigenvalue weighted by atomic mass is 10.1. The molecule has 0 N–H and O–H groups in total. The molecule has 0 heterocycles. The van der Waals surface area contributed by atoms with E-state index in [4.69, 9.17) is 4.74 Å². The minimum absolute atomic E-state index is 0.580. The van der Waals surface area contributed by atoms with E-state index in [0.29, 0.717) is 6.04 Å². The first-order valence-electron chi connectivity index (χ1n) is 6.10. The van der Waals surface area contributed by atoms with Gasteiger partial charge in [0.1, 0.15) is 5.75 Å². The topological polar surface area (TPSA) is 12.5 Å². The summed E-state index contributed by atoms with van der Waals surface area (Å²) in [6.45, 7) is 6.64. The van der Waals surface area contributed by atoms with Crippen LogP contribution in [0.3, 0.4) is 0 Å². The maximum atomic E-state index is 5.17. The predicted molar refractivity (Wildman–Crippen MR) is 77.0 cm³/mol. The fourth-order valence-corrected chi connectivity index (χ4v) is 2.00. The van der Waals surface area contributed by atoms with Crippen LogP contribution in [0.1, 0.15) is 25.8 Å². The number of hydrogen-bond acceptors (Lipinski definition) is 2. The minimum atomic E-state index is 0.580. The van der Waals surface area contributed by atoms with E-state index in [1.807, 2.05) is 12.1 Å². The average Bonchev–Trinajstić information content (AvgIpc) is 2.35. The van der Waals surface area contributed by atoms with Gasteiger partial charge in [0.2, 0.25) is 0 Å². The van der Waals surface area contributed by atoms with Crippen LogP contribution in [-0.2, 0) is 6.54 Å². The molecular weight excluding hydrogens is 278 g/mol. The molecule has 0 radical (unpaired) electrons. The Morgan fingerprint density at radius 3 is 2.35 bits per heavy atom. The molecular formula is C14H22BrNO. The molecule has 0 atom stereocenters. The Hall–Kier alpha value is -0.540. The molecule has 17 heavy (non-hydrogen) atoms. The fraction of sp³-hybridized carbons (Fsp3) is 0.571. The first-order chi connectivity index (χ1) is 8.17. The number of ether oxygens (including phenoxy) is 1. The second-order valence-corrected chi connectivity index (χ2v) is 5.25. The first-order valence-corrected chi connectivity index (χ1v) is 7.22. The SMILES string of the molecule is COc1ccc(CN(CCCBr)C(C)C)cc1. The number of nitrogens with zero attached hydrogens (tertiary/aromatic N) is 1. The van der Waals surface area contributed by atoms with Crippen LogP contribution in [0.5, 0.6) is 5.75 Å². The van der Waals surface area contributed by atoms with E-state index in [2.05, 4.69) is 46.8 Å². The number of hydrogen-bond donors (Lipinski definition) is 0. The van der Waals surface area contributed by atoms with Gasteiger partial charge >= 0.3 is 0 Å². The zero-order chi connectivity index (χ0) is 12.7. The third-order valence-corrected chi connectivity index (χ3v) is 3.41. The van der Waals surface area contributed by atoms with Crippen LogP contribution in [0.4, 0.5) is 0 Å². The Bertz CT molecular complexity index is 311. The van der Waals surface area contributed by atoms with E-state index < -0.39 is 0 Å². The number of alkyl halides is 1. The van der Waals surface area contributed by atoms with E-state index in [9.17, 15) is 0 Å². The van der Waals surface area contributed by atoms with Gasteiger partial charge in [0.05, 0.1) is 7.11 Å². The molecule has 0 saturated heterocycles. The number of methoxy groups -OCH3 is 1. The lowest BCUT2D eigenvalue weighted by molar-refractivity contribution is 0.214. The monoisotopic (exact) mass is 299 g/mol. The summed E-state index contributed by atoms with van der Waals surface area (Å²) in [5.74, 6) is 0.922. The maximum Gasteiger partial charge on any atom is 0.118 e. The molecule has 0 aliphatic rings. The van der Waals surface area contributed by atoms with Crippen molar-refractivity contribution in [1.29, 1.82) is 0 Å². The number of benzene rings is 1. The van der Waals surface area contributed by atoms with Gasteiger partial charge in [-0.3, -0.25) is 4.90 Å². The van der Waals surface area contributed by atoms with Gasteiger partial charge in [-0.1, -0.05) is 28.1 Å². The minimum Gasteiger partial charge on any atom is -0.497 e. The third-order valence-electron chi connectivity index (χ3n) is 2.85. The summed E-state index contributed by atoms with van der Waals surface area (Å²) in [6.07, 6.45) is 1.19. The molecule has 0 spiro atoms. The van der Waals surface area contributed by atoms with Crippen LogP contribution in [-0.4, -0.2) is 29.9 Å². The molecule has 1 aromatic carbocycles. The van der Waals surface area contributed by atoms with Crippen molar-refractivity contribution in [3.63, 3.8) is 0 Å². The highest BCUT2D eigenvalue weighted by Gasteiger charge is 2.09. The molecule has 0 bridgehead atoms. The predicted octanol–water partition coefficient (Wildman–Crippen LogP) is 3.69. The molecule has 0 saturated carbocycles. The summed E-state index contributed by atoms with van der Waals surface area (Å²) in [6, 6.07) is 8.91. The van der Waals surface area contributed by atoms with Crippen LogP contribution in [0.25, 0.3) is 0 Å². The molecule has 96 valence electrons. The van der Waals surface area contributed by atoms with E-state index >= 15 is 0 Å². The Labute approximate surface area is 113 Å². The summed E-state index contributed by atoms with van der Waals surface area (Å²) in [5, 5.41) is 1.07. The maximum absolute atomic E-state index is 5.17. The van der Waals surface area contributed by atoms with Gasteiger partial charge in [0.15, 0.2) is 0 Å². The van der Waals surface area contributed by atoms with Crippen LogP contribution in [0.15, 0.2) is 24.3 Å². The van der Waals surface area contributed by atoms with Gasteiger partial charge in [-0.15, -0.1) is 0 Å². The summed E-state index contributed by atoms with van der Waals surface area (Å²) >= 11 is 3.49. The molecule has 0 aromatic heterocycles. The van der Waals surface area contributed by atoms with E-state index in [0.717, 1.165) is 24.2 Å². The molecule has 0 amide bonds. The average molecular weight is 300 g/mol. The third kappa shape index (κ3) is 5.09. The molecule has 0 aliphatic carbocycles. The van der Waals surface area contributed by atoms with Crippen molar-refractivity contribution >= 4 is 15.9 Å². The van der Waals surface area contributed by atoms with E-state index in [1.54, 1.807) is 7.11 Å². The first kappa shape index (κ1) is 14.5. The van der Waals surface area contributed by atoms with Crippen molar-refractivity contribution in [1.82, 2.24) is 4.90 Å². The van der Waals surface area contributed by atoms with E-state index in [-0.39, 0.29) is 0 Å². The van der Waals surface area contributed by atoms with Gasteiger partial charge < -0.3 is 4.74 Å². The fourth-order valence-electron chi connectivity index (χ4n) is 1.75. The second kappa shape index (κ2) is 7.72. The zero-order valence-corrected chi connectivity index (χ0v) is 12.5. The van der Waals surface area contributed by atoms with Crippen molar-refractivity contribution in [2.75, 3.05) is 19.0 Å². The summed E-state index contributed by atoms with van der Waals surface area (Å²) in [5.41, 5.74) is 1.34. The highest BCUT2D eigenvalue weighted by Crippen LogP contribution is 2.14. The lowest BCUT2D eigenvalue weighted by Crippen LogP contribution is -2.31. The summed E-state index contributed by atoms with van der Waals surface area (Å²) < 4.78 is 5.17. The standard InChI is InChI=1S/C14H22BrNO/c1-12(2)16(10-4-9-15)11-13-5-7-14(17-3)8-6-13/h5-8,12H,4,9-11H2,1-3H3. The quantitative estimate of drug-likeness (QED) is 0.712. The van der Waals surface area contributed by atoms with Crippen LogP contribution >= 0.6 is 15.9 Å². The molecule has 1 rings (SSSR count). The molecule has 0 unspecified atom stereocenters. The van der Waals surface area contributed by atoms with Gasteiger partial charge in [-0.25, -0.2) is 0 Å². The Morgan fingerprint density at radius 2 is 1.88 bits per heavy atom. The smallest absolute Gasteiger partial charge is 0.118 e. The van der Waals surface area contributed by atoms with E-state index in [1.165, 1.54) is 12.0 Å². The van der Waals surface area contributed by atoms with Gasteiger partial charge in [-0.2, -0.15) is 0 Å². The lowest BCUT2D eigenvalue weighted by Gasteiger charge is -2.26. The Morgan fingerprint density at radius 1 is 1.24 bits per heavy atom. The molecule has 0 fully saturated rings. The Balaban J connectivity index is 2.58. The molecule has 2 nitrogen and oxygen atoms in total. The molecule has 0 aliphatic heterocycles. The van der Waals surface area contributed by atoms with Crippen molar-refractivity contribution < 1.29 is 4.74 Å². The van der Waals surface area contributed by atoms with Gasteiger partial charge in [-0.05, 0) is 44.5 Å². The van der Waals surface area contributed by atoms with Crippen molar-refractivity contribution in [3.8, 4) is 5.75 Å². The number of halogens is 1. The van der Waals surface area contributed by atoms with Crippen LogP contribution in [0.2, 0.25) is 0 Å². The number of rotatable bonds is 7. The Kier molecular flexibility index (Phi) is 6.60. The van der Waals surface area contributed by atoms with Gasteiger partial charge in [0.25, 0.3) is 0 Å². The molecule has 1 aromatic rings. The zero-order valence-electron chi connectivity index (χ0n) is 10.9. The van der Waals surface area contributed by atoms with Gasteiger partial charge in [0, 0.05) is 17.9 Å². The summed E-state index contributed by atoms with van der Waals surface area (Å²) in [4.78, 5) is 2.49. The highest BCUT2D eigenvalue weighted by atomic mass is 79.9. The van der Waals surface area contributed by atoms with Crippen molar-refractivity contribution in [3.05, 3.63) is 29.8 Å². The second-order valence-electron chi connectivity index (χ2n) is 4.45. The van der Waals surface area contributed by atoms with Crippen LogP contribution in [0, 0.1) is 0 Å². The van der Waals surface area contributed by atoms with Crippen molar-refractivity contribution in [2.45, 2.75) is 32.9 Å². The van der Waals surface area contributed by atoms with Crippen molar-refractivity contribution in [2.24, 2.45) is 0 Å². The molecule has 3 heteroatoms. The normalized spacial score (nSPS) is 11.2.